The van der Waals surface area contributed by atoms with E-state index in [0.717, 1.165) is 19.0 Å². The molecule has 3 N–H and O–H groups in total. The van der Waals surface area contributed by atoms with Crippen LogP contribution in [0.5, 0.6) is 0 Å². The predicted octanol–water partition coefficient (Wildman–Crippen LogP) is 0.144. The second kappa shape index (κ2) is 6.50. The SMILES string of the molecule is O=C(O)C1CC(NCCO)CN(CC2CCC2)C1. The molecule has 0 bridgehead atoms. The summed E-state index contributed by atoms with van der Waals surface area (Å²) in [6.45, 7) is 3.30. The maximum atomic E-state index is 11.2. The highest BCUT2D eigenvalue weighted by Crippen LogP contribution is 2.28. The lowest BCUT2D eigenvalue weighted by Gasteiger charge is -2.40. The Hall–Kier alpha value is -0.650. The molecule has 0 aromatic heterocycles. The molecule has 0 amide bonds. The molecule has 2 unspecified atom stereocenters. The van der Waals surface area contributed by atoms with Gasteiger partial charge in [0.1, 0.15) is 0 Å². The fourth-order valence-corrected chi connectivity index (χ4v) is 2.98. The Morgan fingerprint density at radius 1 is 1.33 bits per heavy atom. The molecule has 2 aliphatic rings. The molecular formula is C13H24N2O3. The van der Waals surface area contributed by atoms with Gasteiger partial charge in [-0.15, -0.1) is 0 Å². The molecule has 1 saturated heterocycles. The van der Waals surface area contributed by atoms with Gasteiger partial charge in [-0.05, 0) is 25.2 Å². The monoisotopic (exact) mass is 256 g/mol. The fraction of sp³-hybridized carbons (Fsp3) is 0.923. The number of likely N-dealkylation sites (tertiary alicyclic amines) is 1. The Morgan fingerprint density at radius 3 is 2.67 bits per heavy atom. The van der Waals surface area contributed by atoms with E-state index in [1.165, 1.54) is 19.3 Å². The highest BCUT2D eigenvalue weighted by molar-refractivity contribution is 5.70. The number of rotatable bonds is 6. The van der Waals surface area contributed by atoms with Crippen molar-refractivity contribution < 1.29 is 15.0 Å². The summed E-state index contributed by atoms with van der Waals surface area (Å²) in [4.78, 5) is 13.5. The quantitative estimate of drug-likeness (QED) is 0.630. The van der Waals surface area contributed by atoms with Gasteiger partial charge in [0.25, 0.3) is 0 Å². The van der Waals surface area contributed by atoms with Crippen molar-refractivity contribution >= 4 is 5.97 Å². The molecule has 5 nitrogen and oxygen atoms in total. The Balaban J connectivity index is 1.85. The summed E-state index contributed by atoms with van der Waals surface area (Å²) in [6, 6.07) is 0.201. The number of nitrogens with one attached hydrogen (secondary N) is 1. The van der Waals surface area contributed by atoms with E-state index < -0.39 is 5.97 Å². The highest BCUT2D eigenvalue weighted by atomic mass is 16.4. The molecule has 1 aliphatic heterocycles. The van der Waals surface area contributed by atoms with Crippen LogP contribution >= 0.6 is 0 Å². The minimum atomic E-state index is -0.691. The number of carboxylic acids is 1. The Kier molecular flexibility index (Phi) is 4.97. The average molecular weight is 256 g/mol. The number of aliphatic hydroxyl groups is 1. The third-order valence-corrected chi connectivity index (χ3v) is 4.16. The van der Waals surface area contributed by atoms with Crippen molar-refractivity contribution in [2.24, 2.45) is 11.8 Å². The predicted molar refractivity (Wildman–Crippen MR) is 68.4 cm³/mol. The van der Waals surface area contributed by atoms with Gasteiger partial charge in [-0.1, -0.05) is 6.42 Å². The topological polar surface area (TPSA) is 72.8 Å². The van der Waals surface area contributed by atoms with Gasteiger partial charge in [-0.2, -0.15) is 0 Å². The molecule has 5 heteroatoms. The van der Waals surface area contributed by atoms with E-state index in [4.69, 9.17) is 5.11 Å². The molecule has 1 saturated carbocycles. The molecular weight excluding hydrogens is 232 g/mol. The first-order valence-electron chi connectivity index (χ1n) is 6.98. The summed E-state index contributed by atoms with van der Waals surface area (Å²) < 4.78 is 0. The van der Waals surface area contributed by atoms with E-state index in [2.05, 4.69) is 10.2 Å². The number of nitrogens with zero attached hydrogens (tertiary/aromatic N) is 1. The summed E-state index contributed by atoms with van der Waals surface area (Å²) in [5.74, 6) is -0.185. The summed E-state index contributed by atoms with van der Waals surface area (Å²) in [5, 5.41) is 21.3. The Morgan fingerprint density at radius 2 is 2.11 bits per heavy atom. The van der Waals surface area contributed by atoms with Crippen LogP contribution in [0.2, 0.25) is 0 Å². The number of piperidine rings is 1. The second-order valence-corrected chi connectivity index (χ2v) is 5.66. The summed E-state index contributed by atoms with van der Waals surface area (Å²) in [7, 11) is 0. The van der Waals surface area contributed by atoms with E-state index in [9.17, 15) is 9.90 Å². The van der Waals surface area contributed by atoms with Gasteiger partial charge in [0.05, 0.1) is 12.5 Å². The molecule has 0 radical (unpaired) electrons. The zero-order valence-electron chi connectivity index (χ0n) is 10.8. The van der Waals surface area contributed by atoms with Crippen molar-refractivity contribution in [1.82, 2.24) is 10.2 Å². The molecule has 1 heterocycles. The summed E-state index contributed by atoms with van der Waals surface area (Å²) in [6.07, 6.45) is 4.59. The number of hydrogen-bond donors (Lipinski definition) is 3. The van der Waals surface area contributed by atoms with Crippen molar-refractivity contribution in [2.45, 2.75) is 31.7 Å². The van der Waals surface area contributed by atoms with Crippen LogP contribution < -0.4 is 5.32 Å². The maximum absolute atomic E-state index is 11.2. The van der Waals surface area contributed by atoms with Gasteiger partial charge in [0.2, 0.25) is 0 Å². The van der Waals surface area contributed by atoms with Gasteiger partial charge in [0, 0.05) is 32.2 Å². The van der Waals surface area contributed by atoms with E-state index in [-0.39, 0.29) is 18.6 Å². The van der Waals surface area contributed by atoms with Crippen molar-refractivity contribution in [3.05, 3.63) is 0 Å². The molecule has 2 fully saturated rings. The van der Waals surface area contributed by atoms with Crippen LogP contribution in [0.3, 0.4) is 0 Å². The first-order valence-corrected chi connectivity index (χ1v) is 6.98. The van der Waals surface area contributed by atoms with E-state index in [0.29, 0.717) is 19.5 Å². The van der Waals surface area contributed by atoms with Gasteiger partial charge in [-0.3, -0.25) is 4.79 Å². The van der Waals surface area contributed by atoms with Crippen LogP contribution in [0.15, 0.2) is 0 Å². The third-order valence-electron chi connectivity index (χ3n) is 4.16. The average Bonchev–Trinajstić information content (AvgIpc) is 2.31. The lowest BCUT2D eigenvalue weighted by atomic mass is 9.84. The lowest BCUT2D eigenvalue weighted by Crippen LogP contribution is -2.52. The molecule has 1 aliphatic carbocycles. The van der Waals surface area contributed by atoms with Crippen LogP contribution in [-0.2, 0) is 4.79 Å². The number of aliphatic hydroxyl groups excluding tert-OH is 1. The molecule has 104 valence electrons. The van der Waals surface area contributed by atoms with Gasteiger partial charge < -0.3 is 20.4 Å². The van der Waals surface area contributed by atoms with Crippen LogP contribution in [0.1, 0.15) is 25.7 Å². The minimum Gasteiger partial charge on any atom is -0.481 e. The number of aliphatic carboxylic acids is 1. The summed E-state index contributed by atoms with van der Waals surface area (Å²) in [5.41, 5.74) is 0. The first-order chi connectivity index (χ1) is 8.69. The molecule has 0 aromatic rings. The molecule has 2 atom stereocenters. The van der Waals surface area contributed by atoms with E-state index in [1.54, 1.807) is 0 Å². The van der Waals surface area contributed by atoms with Gasteiger partial charge >= 0.3 is 5.97 Å². The van der Waals surface area contributed by atoms with E-state index in [1.807, 2.05) is 0 Å². The molecule has 0 spiro atoms. The largest absolute Gasteiger partial charge is 0.481 e. The van der Waals surface area contributed by atoms with Crippen molar-refractivity contribution in [1.29, 1.82) is 0 Å². The van der Waals surface area contributed by atoms with Crippen molar-refractivity contribution in [3.63, 3.8) is 0 Å². The molecule has 18 heavy (non-hydrogen) atoms. The Bertz CT molecular complexity index is 281. The third kappa shape index (κ3) is 3.67. The standard InChI is InChI=1S/C13H24N2O3/c16-5-4-14-12-6-11(13(17)18)8-15(9-12)7-10-2-1-3-10/h10-12,14,16H,1-9H2,(H,17,18). The zero-order valence-corrected chi connectivity index (χ0v) is 10.8. The van der Waals surface area contributed by atoms with Crippen LogP contribution in [0, 0.1) is 11.8 Å². The molecule has 2 rings (SSSR count). The number of carboxylic acid groups (broad SMARTS) is 1. The van der Waals surface area contributed by atoms with Crippen LogP contribution in [0.25, 0.3) is 0 Å². The number of carbonyl (C=O) groups is 1. The number of hydrogen-bond acceptors (Lipinski definition) is 4. The minimum absolute atomic E-state index is 0.108. The Labute approximate surface area is 108 Å². The summed E-state index contributed by atoms with van der Waals surface area (Å²) >= 11 is 0. The zero-order chi connectivity index (χ0) is 13.0. The fourth-order valence-electron chi connectivity index (χ4n) is 2.98. The smallest absolute Gasteiger partial charge is 0.307 e. The second-order valence-electron chi connectivity index (χ2n) is 5.66. The normalized spacial score (nSPS) is 30.1. The molecule has 0 aromatic carbocycles. The van der Waals surface area contributed by atoms with Crippen molar-refractivity contribution in [2.75, 3.05) is 32.8 Å². The van der Waals surface area contributed by atoms with Gasteiger partial charge in [0.15, 0.2) is 0 Å². The van der Waals surface area contributed by atoms with Crippen LogP contribution in [-0.4, -0.2) is 59.9 Å². The lowest BCUT2D eigenvalue weighted by molar-refractivity contribution is -0.144. The van der Waals surface area contributed by atoms with Gasteiger partial charge in [-0.25, -0.2) is 0 Å². The van der Waals surface area contributed by atoms with E-state index >= 15 is 0 Å². The first kappa shape index (κ1) is 13.8. The van der Waals surface area contributed by atoms with Crippen LogP contribution in [0.4, 0.5) is 0 Å². The maximum Gasteiger partial charge on any atom is 0.307 e. The van der Waals surface area contributed by atoms with Crippen molar-refractivity contribution in [3.8, 4) is 0 Å². The highest BCUT2D eigenvalue weighted by Gasteiger charge is 2.32.